The molecule has 78 valence electrons. The van der Waals surface area contributed by atoms with Crippen LogP contribution in [-0.4, -0.2) is 27.9 Å². The number of anilines is 1. The molecule has 0 fully saturated rings. The van der Waals surface area contributed by atoms with Gasteiger partial charge in [0.1, 0.15) is 6.04 Å². The molecule has 1 atom stereocenters. The van der Waals surface area contributed by atoms with Crippen LogP contribution in [-0.2, 0) is 10.5 Å². The van der Waals surface area contributed by atoms with Crippen LogP contribution in [0.4, 0.5) is 5.13 Å². The van der Waals surface area contributed by atoms with Crippen LogP contribution in [0.1, 0.15) is 5.69 Å². The van der Waals surface area contributed by atoms with E-state index in [1.54, 1.807) is 0 Å². The quantitative estimate of drug-likeness (QED) is 0.679. The zero-order valence-electron chi connectivity index (χ0n) is 7.34. The Morgan fingerprint density at radius 2 is 2.50 bits per heavy atom. The van der Waals surface area contributed by atoms with Gasteiger partial charge in [0, 0.05) is 16.9 Å². The van der Waals surface area contributed by atoms with E-state index >= 15 is 0 Å². The predicted octanol–water partition coefficient (Wildman–Crippen LogP) is 0.370. The van der Waals surface area contributed by atoms with Crippen molar-refractivity contribution in [3.8, 4) is 0 Å². The molecule has 5 N–H and O–H groups in total. The number of nitrogen functional groups attached to an aromatic ring is 1. The number of hydrogen-bond donors (Lipinski definition) is 3. The Labute approximate surface area is 89.5 Å². The molecule has 0 saturated carbocycles. The molecule has 0 aliphatic carbocycles. The SMILES string of the molecule is Nc1nc(CSC[C@H](N)C(=O)O)cs1. The lowest BCUT2D eigenvalue weighted by atomic mass is 10.4. The first-order valence-electron chi connectivity index (χ1n) is 3.85. The molecule has 0 unspecified atom stereocenters. The van der Waals surface area contributed by atoms with Gasteiger partial charge in [-0.05, 0) is 0 Å². The summed E-state index contributed by atoms with van der Waals surface area (Å²) in [6.45, 7) is 0. The normalized spacial score (nSPS) is 12.6. The van der Waals surface area contributed by atoms with E-state index < -0.39 is 12.0 Å². The lowest BCUT2D eigenvalue weighted by Gasteiger charge is -2.03. The van der Waals surface area contributed by atoms with Gasteiger partial charge in [-0.25, -0.2) is 4.98 Å². The van der Waals surface area contributed by atoms with Gasteiger partial charge in [-0.2, -0.15) is 11.8 Å². The van der Waals surface area contributed by atoms with Gasteiger partial charge < -0.3 is 16.6 Å². The molecule has 7 heteroatoms. The van der Waals surface area contributed by atoms with Gasteiger partial charge in [0.15, 0.2) is 5.13 Å². The lowest BCUT2D eigenvalue weighted by Crippen LogP contribution is -2.32. The predicted molar refractivity (Wildman–Crippen MR) is 58.3 cm³/mol. The fourth-order valence-corrected chi connectivity index (χ4v) is 2.29. The molecule has 0 saturated heterocycles. The third-order valence-electron chi connectivity index (χ3n) is 1.43. The Morgan fingerprint density at radius 1 is 1.79 bits per heavy atom. The average molecular weight is 233 g/mol. The zero-order valence-corrected chi connectivity index (χ0v) is 8.98. The topological polar surface area (TPSA) is 102 Å². The van der Waals surface area contributed by atoms with Crippen LogP contribution in [0.25, 0.3) is 0 Å². The van der Waals surface area contributed by atoms with Crippen molar-refractivity contribution in [2.75, 3.05) is 11.5 Å². The Balaban J connectivity index is 2.25. The summed E-state index contributed by atoms with van der Waals surface area (Å²) in [4.78, 5) is 14.4. The first-order chi connectivity index (χ1) is 6.59. The van der Waals surface area contributed by atoms with Crippen molar-refractivity contribution < 1.29 is 9.90 Å². The minimum Gasteiger partial charge on any atom is -0.480 e. The standard InChI is InChI=1S/C7H11N3O2S2/c8-5(6(11)12)3-13-1-4-2-14-7(9)10-4/h2,5H,1,3,8H2,(H2,9,10)(H,11,12)/t5-/m0/s1. The van der Waals surface area contributed by atoms with Gasteiger partial charge >= 0.3 is 5.97 Å². The van der Waals surface area contributed by atoms with Crippen LogP contribution in [0.15, 0.2) is 5.38 Å². The van der Waals surface area contributed by atoms with Crippen LogP contribution in [0.2, 0.25) is 0 Å². The fraction of sp³-hybridized carbons (Fsp3) is 0.429. The highest BCUT2D eigenvalue weighted by atomic mass is 32.2. The summed E-state index contributed by atoms with van der Waals surface area (Å²) in [5, 5.41) is 10.9. The van der Waals surface area contributed by atoms with Crippen molar-refractivity contribution in [2.24, 2.45) is 5.73 Å². The largest absolute Gasteiger partial charge is 0.480 e. The summed E-state index contributed by atoms with van der Waals surface area (Å²) >= 11 is 2.81. The number of hydrogen-bond acceptors (Lipinski definition) is 6. The molecule has 0 amide bonds. The van der Waals surface area contributed by atoms with Crippen molar-refractivity contribution in [1.82, 2.24) is 4.98 Å². The molecule has 0 spiro atoms. The van der Waals surface area contributed by atoms with Gasteiger partial charge in [-0.3, -0.25) is 4.79 Å². The van der Waals surface area contributed by atoms with Gasteiger partial charge in [-0.1, -0.05) is 0 Å². The maximum absolute atomic E-state index is 10.4. The van der Waals surface area contributed by atoms with E-state index in [9.17, 15) is 4.79 Å². The second-order valence-electron chi connectivity index (χ2n) is 2.64. The summed E-state index contributed by atoms with van der Waals surface area (Å²) in [6.07, 6.45) is 0. The maximum Gasteiger partial charge on any atom is 0.321 e. The van der Waals surface area contributed by atoms with E-state index in [0.29, 0.717) is 16.6 Å². The van der Waals surface area contributed by atoms with Gasteiger partial charge in [0.05, 0.1) is 5.69 Å². The van der Waals surface area contributed by atoms with E-state index in [1.807, 2.05) is 5.38 Å². The van der Waals surface area contributed by atoms with E-state index in [4.69, 9.17) is 16.6 Å². The molecule has 1 heterocycles. The van der Waals surface area contributed by atoms with Gasteiger partial charge in [0.2, 0.25) is 0 Å². The van der Waals surface area contributed by atoms with E-state index in [2.05, 4.69) is 4.98 Å². The number of nitrogens with zero attached hydrogens (tertiary/aromatic N) is 1. The van der Waals surface area contributed by atoms with E-state index in [0.717, 1.165) is 5.69 Å². The van der Waals surface area contributed by atoms with Crippen molar-refractivity contribution in [3.63, 3.8) is 0 Å². The third-order valence-corrected chi connectivity index (χ3v) is 3.25. The molecular weight excluding hydrogens is 222 g/mol. The maximum atomic E-state index is 10.4. The lowest BCUT2D eigenvalue weighted by molar-refractivity contribution is -0.137. The molecule has 1 aromatic heterocycles. The number of thiazole rings is 1. The van der Waals surface area contributed by atoms with E-state index in [1.165, 1.54) is 23.1 Å². The first-order valence-corrected chi connectivity index (χ1v) is 5.89. The number of carboxylic acid groups (broad SMARTS) is 1. The molecule has 14 heavy (non-hydrogen) atoms. The molecule has 0 bridgehead atoms. The number of carbonyl (C=O) groups is 1. The monoisotopic (exact) mass is 233 g/mol. The number of aromatic nitrogens is 1. The van der Waals surface area contributed by atoms with Crippen molar-refractivity contribution >= 4 is 34.2 Å². The molecular formula is C7H11N3O2S2. The third kappa shape index (κ3) is 3.52. The number of carboxylic acids is 1. The van der Waals surface area contributed by atoms with Crippen LogP contribution in [0.3, 0.4) is 0 Å². The first kappa shape index (κ1) is 11.3. The zero-order chi connectivity index (χ0) is 10.6. The summed E-state index contributed by atoms with van der Waals surface area (Å²) in [6, 6.07) is -0.809. The summed E-state index contributed by atoms with van der Waals surface area (Å²) in [7, 11) is 0. The number of rotatable bonds is 5. The molecule has 1 aromatic rings. The summed E-state index contributed by atoms with van der Waals surface area (Å²) in [5.41, 5.74) is 11.6. The van der Waals surface area contributed by atoms with E-state index in [-0.39, 0.29) is 0 Å². The second kappa shape index (κ2) is 5.18. The molecule has 0 aromatic carbocycles. The highest BCUT2D eigenvalue weighted by Gasteiger charge is 2.11. The molecule has 1 rings (SSSR count). The summed E-state index contributed by atoms with van der Waals surface area (Å²) < 4.78 is 0. The Hall–Kier alpha value is -0.790. The van der Waals surface area contributed by atoms with Gasteiger partial charge in [-0.15, -0.1) is 11.3 Å². The smallest absolute Gasteiger partial charge is 0.321 e. The van der Waals surface area contributed by atoms with Crippen LogP contribution in [0.5, 0.6) is 0 Å². The molecule has 5 nitrogen and oxygen atoms in total. The van der Waals surface area contributed by atoms with Crippen molar-refractivity contribution in [3.05, 3.63) is 11.1 Å². The highest BCUT2D eigenvalue weighted by Crippen LogP contribution is 2.17. The second-order valence-corrected chi connectivity index (χ2v) is 4.56. The Bertz CT molecular complexity index is 316. The summed E-state index contributed by atoms with van der Waals surface area (Å²) in [5.74, 6) is 0.0526. The highest BCUT2D eigenvalue weighted by molar-refractivity contribution is 7.98. The number of thioether (sulfide) groups is 1. The minimum atomic E-state index is -0.977. The van der Waals surface area contributed by atoms with Crippen LogP contribution in [0, 0.1) is 0 Å². The molecule has 0 aliphatic rings. The fourth-order valence-electron chi connectivity index (χ4n) is 0.751. The Morgan fingerprint density at radius 3 is 3.00 bits per heavy atom. The van der Waals surface area contributed by atoms with Crippen LogP contribution >= 0.6 is 23.1 Å². The van der Waals surface area contributed by atoms with Gasteiger partial charge in [0.25, 0.3) is 0 Å². The van der Waals surface area contributed by atoms with Crippen molar-refractivity contribution in [2.45, 2.75) is 11.8 Å². The molecule has 0 radical (unpaired) electrons. The molecule has 0 aliphatic heterocycles. The van der Waals surface area contributed by atoms with Crippen molar-refractivity contribution in [1.29, 1.82) is 0 Å². The Kier molecular flexibility index (Phi) is 4.18. The number of aliphatic carboxylic acids is 1. The minimum absolute atomic E-state index is 0.382. The van der Waals surface area contributed by atoms with Crippen LogP contribution < -0.4 is 11.5 Å². The number of nitrogens with two attached hydrogens (primary N) is 2. The average Bonchev–Trinajstić information content (AvgIpc) is 2.51.